The zero-order chi connectivity index (χ0) is 70.5. The highest BCUT2D eigenvalue weighted by molar-refractivity contribution is 7.47. The Labute approximate surface area is 588 Å². The van der Waals surface area contributed by atoms with E-state index >= 15 is 0 Å². The molecule has 5 atom stereocenters. The smallest absolute Gasteiger partial charge is 0.462 e. The number of carbonyl (C=O) groups is 4. The number of hydrogen-bond acceptors (Lipinski definition) is 15. The van der Waals surface area contributed by atoms with Crippen LogP contribution in [0.5, 0.6) is 0 Å². The highest BCUT2D eigenvalue weighted by Gasteiger charge is 2.30. The third kappa shape index (κ3) is 70.5. The number of aliphatic hydroxyl groups excluding tert-OH is 1. The summed E-state index contributed by atoms with van der Waals surface area (Å²) in [6.07, 6.45) is 59.7. The zero-order valence-electron chi connectivity index (χ0n) is 62.5. The second-order valence-electron chi connectivity index (χ2n) is 28.2. The molecule has 0 fully saturated rings. The van der Waals surface area contributed by atoms with Crippen LogP contribution in [0.4, 0.5) is 0 Å². The molecule has 0 aliphatic carbocycles. The molecule has 0 aromatic heterocycles. The van der Waals surface area contributed by atoms with Gasteiger partial charge in [0.05, 0.1) is 26.4 Å². The molecule has 19 heteroatoms. The number of rotatable bonds is 77. The summed E-state index contributed by atoms with van der Waals surface area (Å²) in [5, 5.41) is 10.6. The van der Waals surface area contributed by atoms with Crippen molar-refractivity contribution in [2.45, 2.75) is 425 Å². The lowest BCUT2D eigenvalue weighted by atomic mass is 10.0. The normalized spacial score (nSPS) is 13.9. The van der Waals surface area contributed by atoms with E-state index in [1.54, 1.807) is 0 Å². The van der Waals surface area contributed by atoms with E-state index in [4.69, 9.17) is 37.0 Å². The molecule has 0 aromatic rings. The van der Waals surface area contributed by atoms with E-state index in [-0.39, 0.29) is 25.7 Å². The summed E-state index contributed by atoms with van der Waals surface area (Å²) in [4.78, 5) is 72.7. The molecule has 0 aromatic carbocycles. The quantitative estimate of drug-likeness (QED) is 0.0222. The molecule has 96 heavy (non-hydrogen) atoms. The molecular formula is C77H150O17P2. The predicted molar refractivity (Wildman–Crippen MR) is 391 cm³/mol. The van der Waals surface area contributed by atoms with Crippen molar-refractivity contribution in [2.75, 3.05) is 39.6 Å². The van der Waals surface area contributed by atoms with Crippen molar-refractivity contribution in [3.8, 4) is 0 Å². The zero-order valence-corrected chi connectivity index (χ0v) is 64.3. The van der Waals surface area contributed by atoms with Gasteiger partial charge in [-0.2, -0.15) is 0 Å². The van der Waals surface area contributed by atoms with Crippen LogP contribution in [-0.4, -0.2) is 96.7 Å². The number of aliphatic hydroxyl groups is 1. The fraction of sp³-hybridized carbons (Fsp3) is 0.948. The number of phosphoric ester groups is 2. The Hall–Kier alpha value is -1.94. The molecule has 3 N–H and O–H groups in total. The largest absolute Gasteiger partial charge is 0.472 e. The van der Waals surface area contributed by atoms with Crippen molar-refractivity contribution in [1.82, 2.24) is 0 Å². The Balaban J connectivity index is 5.19. The fourth-order valence-electron chi connectivity index (χ4n) is 11.9. The van der Waals surface area contributed by atoms with Gasteiger partial charge in [0.15, 0.2) is 12.2 Å². The van der Waals surface area contributed by atoms with Crippen LogP contribution in [0, 0.1) is 5.92 Å². The summed E-state index contributed by atoms with van der Waals surface area (Å²) >= 11 is 0. The molecule has 2 unspecified atom stereocenters. The minimum absolute atomic E-state index is 0.108. The van der Waals surface area contributed by atoms with Crippen LogP contribution in [0.2, 0.25) is 0 Å². The van der Waals surface area contributed by atoms with Gasteiger partial charge in [0.25, 0.3) is 0 Å². The second-order valence-corrected chi connectivity index (χ2v) is 31.1. The molecule has 0 radical (unpaired) electrons. The molecule has 0 saturated heterocycles. The van der Waals surface area contributed by atoms with Crippen LogP contribution < -0.4 is 0 Å². The van der Waals surface area contributed by atoms with Crippen LogP contribution in [0.15, 0.2) is 0 Å². The lowest BCUT2D eigenvalue weighted by molar-refractivity contribution is -0.161. The Bertz CT molecular complexity index is 1840. The van der Waals surface area contributed by atoms with Gasteiger partial charge in [-0.05, 0) is 31.6 Å². The Morgan fingerprint density at radius 3 is 0.708 bits per heavy atom. The van der Waals surface area contributed by atoms with E-state index in [0.29, 0.717) is 25.7 Å². The van der Waals surface area contributed by atoms with Crippen LogP contribution in [0.1, 0.15) is 407 Å². The summed E-state index contributed by atoms with van der Waals surface area (Å²) in [6, 6.07) is 0. The average Bonchev–Trinajstić information content (AvgIpc) is 1.35. The number of esters is 4. The summed E-state index contributed by atoms with van der Waals surface area (Å²) in [5.74, 6) is -1.32. The number of unbranched alkanes of at least 4 members (excludes halogenated alkanes) is 49. The van der Waals surface area contributed by atoms with Crippen molar-refractivity contribution >= 4 is 39.5 Å². The maximum atomic E-state index is 13.1. The molecule has 0 aliphatic rings. The molecule has 0 heterocycles. The number of ether oxygens (including phenoxy) is 4. The third-order valence-electron chi connectivity index (χ3n) is 18.0. The topological polar surface area (TPSA) is 237 Å². The van der Waals surface area contributed by atoms with Crippen LogP contribution >= 0.6 is 15.6 Å². The van der Waals surface area contributed by atoms with Crippen molar-refractivity contribution in [1.29, 1.82) is 0 Å². The highest BCUT2D eigenvalue weighted by Crippen LogP contribution is 2.45. The van der Waals surface area contributed by atoms with Crippen molar-refractivity contribution < 1.29 is 80.2 Å². The van der Waals surface area contributed by atoms with Crippen LogP contribution in [-0.2, 0) is 65.4 Å². The highest BCUT2D eigenvalue weighted by atomic mass is 31.2. The standard InChI is InChI=1S/C77H150O17P2/c1-6-9-12-15-18-20-22-24-26-27-28-29-35-39-43-48-53-58-63-77(82)94-73(67-88-75(80)61-56-51-46-41-37-34-31-30-32-36-40-45-49-54-59-70(4)5)69-92-96(85,86)90-65-71(78)64-89-95(83,84)91-68-72(66-87-74(79)60-55-50-44-17-14-11-8-3)93-76(81)62-57-52-47-42-38-33-25-23-21-19-16-13-10-7-2/h70-73,78H,6-69H2,1-5H3,(H,83,84)(H,85,86)/t71-,72+,73+/m0/s1. The molecule has 0 amide bonds. The van der Waals surface area contributed by atoms with Gasteiger partial charge in [0, 0.05) is 25.7 Å². The lowest BCUT2D eigenvalue weighted by Gasteiger charge is -2.21. The minimum Gasteiger partial charge on any atom is -0.462 e. The van der Waals surface area contributed by atoms with Gasteiger partial charge in [0.1, 0.15) is 19.3 Å². The summed E-state index contributed by atoms with van der Waals surface area (Å²) in [5.41, 5.74) is 0. The van der Waals surface area contributed by atoms with E-state index in [1.165, 1.54) is 218 Å². The summed E-state index contributed by atoms with van der Waals surface area (Å²) in [6.45, 7) is 7.29. The van der Waals surface area contributed by atoms with Crippen molar-refractivity contribution in [2.24, 2.45) is 5.92 Å². The van der Waals surface area contributed by atoms with E-state index in [2.05, 4.69) is 34.6 Å². The second kappa shape index (κ2) is 70.1. The minimum atomic E-state index is -4.96. The maximum Gasteiger partial charge on any atom is 0.472 e. The SMILES string of the molecule is CCCCCCCCCCCCCCCCCCCCC(=O)O[C@H](COC(=O)CCCCCCCCCCCCCCCCC(C)C)COP(=O)(O)OC[C@@H](O)COP(=O)(O)OC[C@@H](COC(=O)CCCCCCCCC)OC(=O)CCCCCCCCCCCCCCCC. The van der Waals surface area contributed by atoms with Gasteiger partial charge in [-0.1, -0.05) is 356 Å². The van der Waals surface area contributed by atoms with Gasteiger partial charge in [-0.3, -0.25) is 37.3 Å². The Morgan fingerprint density at radius 1 is 0.281 bits per heavy atom. The monoisotopic (exact) mass is 1410 g/mol. The van der Waals surface area contributed by atoms with E-state index in [0.717, 1.165) is 109 Å². The summed E-state index contributed by atoms with van der Waals surface area (Å²) < 4.78 is 68.5. The van der Waals surface area contributed by atoms with Gasteiger partial charge in [-0.15, -0.1) is 0 Å². The number of phosphoric acid groups is 2. The van der Waals surface area contributed by atoms with Crippen LogP contribution in [0.3, 0.4) is 0 Å². The molecule has 0 bridgehead atoms. The summed E-state index contributed by atoms with van der Waals surface area (Å²) in [7, 11) is -9.91. The first kappa shape index (κ1) is 94.1. The van der Waals surface area contributed by atoms with Gasteiger partial charge >= 0.3 is 39.5 Å². The molecule has 0 rings (SSSR count). The number of carbonyl (C=O) groups excluding carboxylic acids is 4. The first-order valence-corrected chi connectivity index (χ1v) is 43.1. The molecular weight excluding hydrogens is 1260 g/mol. The molecule has 0 saturated carbocycles. The molecule has 570 valence electrons. The first-order valence-electron chi connectivity index (χ1n) is 40.1. The molecule has 0 aliphatic heterocycles. The predicted octanol–water partition coefficient (Wildman–Crippen LogP) is 22.9. The lowest BCUT2D eigenvalue weighted by Crippen LogP contribution is -2.30. The van der Waals surface area contributed by atoms with Gasteiger partial charge in [-0.25, -0.2) is 9.13 Å². The van der Waals surface area contributed by atoms with Crippen LogP contribution in [0.25, 0.3) is 0 Å². The third-order valence-corrected chi connectivity index (χ3v) is 19.9. The molecule has 17 nitrogen and oxygen atoms in total. The van der Waals surface area contributed by atoms with E-state index < -0.39 is 97.5 Å². The number of hydrogen-bond donors (Lipinski definition) is 3. The van der Waals surface area contributed by atoms with Crippen molar-refractivity contribution in [3.05, 3.63) is 0 Å². The maximum absolute atomic E-state index is 13.1. The van der Waals surface area contributed by atoms with E-state index in [9.17, 15) is 43.2 Å². The Morgan fingerprint density at radius 2 is 0.479 bits per heavy atom. The Kier molecular flexibility index (Phi) is 68.7. The van der Waals surface area contributed by atoms with Crippen molar-refractivity contribution in [3.63, 3.8) is 0 Å². The van der Waals surface area contributed by atoms with Gasteiger partial charge < -0.3 is 33.8 Å². The van der Waals surface area contributed by atoms with E-state index in [1.807, 2.05) is 0 Å². The average molecular weight is 1410 g/mol. The van der Waals surface area contributed by atoms with Gasteiger partial charge in [0.2, 0.25) is 0 Å². The molecule has 0 spiro atoms. The first-order chi connectivity index (χ1) is 46.5. The fourth-order valence-corrected chi connectivity index (χ4v) is 13.5.